The van der Waals surface area contributed by atoms with Gasteiger partial charge >= 0.3 is 0 Å². The standard InChI is InChI=1S/C23H25ClFN7/c24-20-2-1-3-21(25)18(20)12-29-16-6-4-15(5-7-16)23(26)19-13-28-14-30-22(19)32(31-23)17-8-10-27-11-9-17/h1-7,13-14,17,27,29,31H,8-12,26H2. The van der Waals surface area contributed by atoms with Gasteiger partial charge in [-0.15, -0.1) is 0 Å². The molecule has 5 rings (SSSR count). The van der Waals surface area contributed by atoms with Gasteiger partial charge in [0.25, 0.3) is 0 Å². The predicted octanol–water partition coefficient (Wildman–Crippen LogP) is 3.12. The number of nitrogens with two attached hydrogens (primary N) is 1. The molecule has 7 nitrogen and oxygen atoms in total. The zero-order chi connectivity index (χ0) is 22.1. The van der Waals surface area contributed by atoms with E-state index in [0.29, 0.717) is 16.6 Å². The van der Waals surface area contributed by atoms with Crippen LogP contribution in [0.5, 0.6) is 0 Å². The molecule has 2 aromatic carbocycles. The summed E-state index contributed by atoms with van der Waals surface area (Å²) in [6, 6.07) is 12.8. The van der Waals surface area contributed by atoms with E-state index in [2.05, 4.69) is 31.0 Å². The number of aromatic nitrogens is 2. The van der Waals surface area contributed by atoms with Crippen molar-refractivity contribution in [3.05, 3.63) is 82.5 Å². The summed E-state index contributed by atoms with van der Waals surface area (Å²) in [7, 11) is 0. The van der Waals surface area contributed by atoms with Crippen LogP contribution in [0.3, 0.4) is 0 Å². The van der Waals surface area contributed by atoms with Crippen LogP contribution in [0.15, 0.2) is 55.0 Å². The Morgan fingerprint density at radius 3 is 2.72 bits per heavy atom. The van der Waals surface area contributed by atoms with E-state index in [1.54, 1.807) is 24.7 Å². The van der Waals surface area contributed by atoms with Crippen molar-refractivity contribution >= 4 is 23.1 Å². The van der Waals surface area contributed by atoms with Crippen molar-refractivity contribution in [1.82, 2.24) is 20.7 Å². The Morgan fingerprint density at radius 2 is 1.97 bits per heavy atom. The molecule has 0 aliphatic carbocycles. The molecule has 2 aliphatic rings. The minimum atomic E-state index is -0.936. The van der Waals surface area contributed by atoms with E-state index in [1.807, 2.05) is 24.3 Å². The molecule has 0 bridgehead atoms. The summed E-state index contributed by atoms with van der Waals surface area (Å²) >= 11 is 6.13. The first-order valence-corrected chi connectivity index (χ1v) is 11.1. The molecule has 1 unspecified atom stereocenters. The quantitative estimate of drug-likeness (QED) is 0.472. The molecule has 3 heterocycles. The van der Waals surface area contributed by atoms with Gasteiger partial charge in [-0.2, -0.15) is 0 Å². The second-order valence-electron chi connectivity index (χ2n) is 8.16. The van der Waals surface area contributed by atoms with E-state index in [0.717, 1.165) is 48.6 Å². The molecule has 1 saturated heterocycles. The summed E-state index contributed by atoms with van der Waals surface area (Å²) in [4.78, 5) is 8.75. The van der Waals surface area contributed by atoms with Crippen LogP contribution in [-0.4, -0.2) is 29.1 Å². The largest absolute Gasteiger partial charge is 0.381 e. The lowest BCUT2D eigenvalue weighted by Crippen LogP contribution is -2.57. The van der Waals surface area contributed by atoms with E-state index in [4.69, 9.17) is 17.3 Å². The number of hydrogen-bond donors (Lipinski definition) is 4. The molecule has 0 spiro atoms. The van der Waals surface area contributed by atoms with Gasteiger partial charge in [0.1, 0.15) is 17.8 Å². The summed E-state index contributed by atoms with van der Waals surface area (Å²) < 4.78 is 14.0. The van der Waals surface area contributed by atoms with E-state index >= 15 is 0 Å². The van der Waals surface area contributed by atoms with Gasteiger partial charge in [-0.1, -0.05) is 29.8 Å². The van der Waals surface area contributed by atoms with Crippen molar-refractivity contribution in [3.8, 4) is 0 Å². The van der Waals surface area contributed by atoms with Crippen LogP contribution in [-0.2, 0) is 12.2 Å². The number of hydrazine groups is 1. The number of benzene rings is 2. The number of piperidine rings is 1. The topological polar surface area (TPSA) is 91.1 Å². The maximum atomic E-state index is 14.0. The lowest BCUT2D eigenvalue weighted by molar-refractivity contribution is 0.354. The molecule has 0 amide bonds. The summed E-state index contributed by atoms with van der Waals surface area (Å²) in [5.41, 5.74) is 12.5. The van der Waals surface area contributed by atoms with Crippen molar-refractivity contribution in [2.75, 3.05) is 23.4 Å². The SMILES string of the molecule is NC1(c2ccc(NCc3c(F)cccc3Cl)cc2)NN(C2CCNCC2)c2ncncc21. The van der Waals surface area contributed by atoms with Crippen LogP contribution in [0.1, 0.15) is 29.5 Å². The minimum Gasteiger partial charge on any atom is -0.381 e. The average molecular weight is 454 g/mol. The lowest BCUT2D eigenvalue weighted by Gasteiger charge is -2.35. The Bertz CT molecular complexity index is 1080. The predicted molar refractivity (Wildman–Crippen MR) is 124 cm³/mol. The van der Waals surface area contributed by atoms with Crippen LogP contribution in [0.4, 0.5) is 15.9 Å². The molecule has 1 fully saturated rings. The first kappa shape index (κ1) is 21.1. The van der Waals surface area contributed by atoms with Crippen molar-refractivity contribution in [2.24, 2.45) is 5.73 Å². The van der Waals surface area contributed by atoms with Gasteiger partial charge in [0, 0.05) is 35.1 Å². The third kappa shape index (κ3) is 3.80. The van der Waals surface area contributed by atoms with Gasteiger partial charge in [0.15, 0.2) is 5.82 Å². The van der Waals surface area contributed by atoms with Crippen molar-refractivity contribution in [2.45, 2.75) is 31.1 Å². The Morgan fingerprint density at radius 1 is 1.19 bits per heavy atom. The molecule has 0 radical (unpaired) electrons. The summed E-state index contributed by atoms with van der Waals surface area (Å²) in [5, 5.41) is 9.12. The molecule has 9 heteroatoms. The van der Waals surface area contributed by atoms with Crippen LogP contribution in [0, 0.1) is 5.82 Å². The fourth-order valence-corrected chi connectivity index (χ4v) is 4.62. The first-order valence-electron chi connectivity index (χ1n) is 10.7. The molecular formula is C23H25ClFN7. The molecular weight excluding hydrogens is 429 g/mol. The van der Waals surface area contributed by atoms with E-state index in [1.165, 1.54) is 6.07 Å². The molecule has 5 N–H and O–H groups in total. The van der Waals surface area contributed by atoms with Gasteiger partial charge < -0.3 is 16.4 Å². The third-order valence-electron chi connectivity index (χ3n) is 6.19. The van der Waals surface area contributed by atoms with Crippen molar-refractivity contribution in [1.29, 1.82) is 0 Å². The van der Waals surface area contributed by atoms with E-state index in [-0.39, 0.29) is 12.4 Å². The smallest absolute Gasteiger partial charge is 0.153 e. The van der Waals surface area contributed by atoms with Crippen LogP contribution < -0.4 is 26.8 Å². The summed E-state index contributed by atoms with van der Waals surface area (Å²) in [5.74, 6) is 0.498. The number of nitrogens with one attached hydrogen (secondary N) is 3. The highest BCUT2D eigenvalue weighted by Gasteiger charge is 2.44. The number of anilines is 2. The molecule has 1 atom stereocenters. The Labute approximate surface area is 191 Å². The monoisotopic (exact) mass is 453 g/mol. The second kappa shape index (κ2) is 8.63. The van der Waals surface area contributed by atoms with Gasteiger partial charge in [0.2, 0.25) is 0 Å². The van der Waals surface area contributed by atoms with Gasteiger partial charge in [-0.3, -0.25) is 5.01 Å². The maximum Gasteiger partial charge on any atom is 0.153 e. The first-order chi connectivity index (χ1) is 15.6. The molecule has 0 saturated carbocycles. The summed E-state index contributed by atoms with van der Waals surface area (Å²) in [6.45, 7) is 2.22. The number of nitrogens with zero attached hydrogens (tertiary/aromatic N) is 3. The lowest BCUT2D eigenvalue weighted by atomic mass is 9.95. The maximum absolute atomic E-state index is 14.0. The second-order valence-corrected chi connectivity index (χ2v) is 8.57. The van der Waals surface area contributed by atoms with E-state index < -0.39 is 5.66 Å². The minimum absolute atomic E-state index is 0.289. The fraction of sp³-hybridized carbons (Fsp3) is 0.304. The highest BCUT2D eigenvalue weighted by Crippen LogP contribution is 2.38. The molecule has 32 heavy (non-hydrogen) atoms. The fourth-order valence-electron chi connectivity index (χ4n) is 4.39. The Hall–Kier alpha value is -2.78. The van der Waals surface area contributed by atoms with Gasteiger partial charge in [0.05, 0.1) is 5.56 Å². The number of rotatable bonds is 5. The van der Waals surface area contributed by atoms with Gasteiger partial charge in [-0.05, 0) is 55.8 Å². The van der Waals surface area contributed by atoms with Crippen LogP contribution >= 0.6 is 11.6 Å². The zero-order valence-corrected chi connectivity index (χ0v) is 18.2. The van der Waals surface area contributed by atoms with Gasteiger partial charge in [-0.25, -0.2) is 19.8 Å². The molecule has 1 aromatic heterocycles. The van der Waals surface area contributed by atoms with Crippen LogP contribution in [0.2, 0.25) is 5.02 Å². The highest BCUT2D eigenvalue weighted by atomic mass is 35.5. The number of fused-ring (bicyclic) bond motifs is 1. The van der Waals surface area contributed by atoms with Crippen LogP contribution in [0.25, 0.3) is 0 Å². The molecule has 2 aliphatic heterocycles. The van der Waals surface area contributed by atoms with Crippen molar-refractivity contribution in [3.63, 3.8) is 0 Å². The summed E-state index contributed by atoms with van der Waals surface area (Å²) in [6.07, 6.45) is 5.35. The van der Waals surface area contributed by atoms with E-state index in [9.17, 15) is 4.39 Å². The average Bonchev–Trinajstić information content (AvgIpc) is 3.14. The zero-order valence-electron chi connectivity index (χ0n) is 17.5. The third-order valence-corrected chi connectivity index (χ3v) is 6.54. The number of halogens is 2. The Kier molecular flexibility index (Phi) is 5.69. The normalized spacial score (nSPS) is 20.9. The highest BCUT2D eigenvalue weighted by molar-refractivity contribution is 6.31. The molecule has 3 aromatic rings. The number of hydrogen-bond acceptors (Lipinski definition) is 7. The Balaban J connectivity index is 1.37. The molecule has 166 valence electrons. The van der Waals surface area contributed by atoms with Crippen molar-refractivity contribution < 1.29 is 4.39 Å².